The smallest absolute Gasteiger partial charge is 0.257 e. The van der Waals surface area contributed by atoms with Gasteiger partial charge in [0, 0.05) is 12.6 Å². The molecule has 1 aliphatic rings. The first-order valence-corrected chi connectivity index (χ1v) is 6.65. The third-order valence-electron chi connectivity index (χ3n) is 3.41. The van der Waals surface area contributed by atoms with Crippen LogP contribution in [0.3, 0.4) is 0 Å². The average Bonchev–Trinajstić information content (AvgIpc) is 2.97. The maximum atomic E-state index is 5.31. The summed E-state index contributed by atoms with van der Waals surface area (Å²) in [5.74, 6) is 1.27. The number of benzene rings is 1. The predicted octanol–water partition coefficient (Wildman–Crippen LogP) is 1.80. The standard InChI is InChI=1S/C14H18N4O/c1-19-14-13(16-9-10-5-4-8-15-10)17-11-6-2-3-7-12(11)18-14/h2-3,6-7,10,15H,4-5,8-9H2,1H3,(H,16,17)/t10-/m0/s1. The van der Waals surface area contributed by atoms with Crippen molar-refractivity contribution in [3.05, 3.63) is 24.3 Å². The van der Waals surface area contributed by atoms with Crippen molar-refractivity contribution in [2.24, 2.45) is 0 Å². The second-order valence-electron chi connectivity index (χ2n) is 4.74. The van der Waals surface area contributed by atoms with Crippen LogP contribution in [0.25, 0.3) is 11.0 Å². The molecule has 0 spiro atoms. The zero-order valence-electron chi connectivity index (χ0n) is 11.0. The number of nitrogens with one attached hydrogen (secondary N) is 2. The van der Waals surface area contributed by atoms with E-state index < -0.39 is 0 Å². The van der Waals surface area contributed by atoms with Gasteiger partial charge in [-0.1, -0.05) is 12.1 Å². The number of nitrogens with zero attached hydrogens (tertiary/aromatic N) is 2. The molecule has 1 fully saturated rings. The van der Waals surface area contributed by atoms with E-state index in [1.807, 2.05) is 24.3 Å². The fraction of sp³-hybridized carbons (Fsp3) is 0.429. The Morgan fingerprint density at radius 3 is 2.79 bits per heavy atom. The predicted molar refractivity (Wildman–Crippen MR) is 75.6 cm³/mol. The lowest BCUT2D eigenvalue weighted by atomic mass is 10.2. The Morgan fingerprint density at radius 1 is 1.32 bits per heavy atom. The normalized spacial score (nSPS) is 18.7. The number of ether oxygens (including phenoxy) is 1. The minimum Gasteiger partial charge on any atom is -0.478 e. The highest BCUT2D eigenvalue weighted by atomic mass is 16.5. The van der Waals surface area contributed by atoms with Crippen LogP contribution in [-0.2, 0) is 0 Å². The summed E-state index contributed by atoms with van der Waals surface area (Å²) < 4.78 is 5.31. The molecule has 3 rings (SSSR count). The second kappa shape index (κ2) is 5.40. The molecule has 5 nitrogen and oxygen atoms in total. The summed E-state index contributed by atoms with van der Waals surface area (Å²) in [6.07, 6.45) is 2.45. The van der Waals surface area contributed by atoms with E-state index in [0.29, 0.717) is 11.9 Å². The van der Waals surface area contributed by atoms with E-state index in [9.17, 15) is 0 Å². The Hall–Kier alpha value is -1.88. The van der Waals surface area contributed by atoms with Crippen LogP contribution in [0.15, 0.2) is 24.3 Å². The van der Waals surface area contributed by atoms with Crippen LogP contribution < -0.4 is 15.4 Å². The van der Waals surface area contributed by atoms with Crippen molar-refractivity contribution < 1.29 is 4.74 Å². The Bertz CT molecular complexity index is 566. The molecular formula is C14H18N4O. The SMILES string of the molecule is COc1nc2ccccc2nc1NC[C@@H]1CCCN1. The molecule has 19 heavy (non-hydrogen) atoms. The summed E-state index contributed by atoms with van der Waals surface area (Å²) >= 11 is 0. The highest BCUT2D eigenvalue weighted by Crippen LogP contribution is 2.23. The molecule has 0 unspecified atom stereocenters. The number of para-hydroxylation sites is 2. The number of methoxy groups -OCH3 is 1. The molecule has 0 saturated carbocycles. The van der Waals surface area contributed by atoms with E-state index in [1.54, 1.807) is 7.11 Å². The lowest BCUT2D eigenvalue weighted by molar-refractivity contribution is 0.399. The van der Waals surface area contributed by atoms with Gasteiger partial charge < -0.3 is 15.4 Å². The van der Waals surface area contributed by atoms with E-state index in [4.69, 9.17) is 4.74 Å². The summed E-state index contributed by atoms with van der Waals surface area (Å²) in [4.78, 5) is 9.05. The monoisotopic (exact) mass is 258 g/mol. The fourth-order valence-corrected chi connectivity index (χ4v) is 2.39. The Balaban J connectivity index is 1.83. The molecule has 2 aromatic rings. The van der Waals surface area contributed by atoms with Crippen molar-refractivity contribution >= 4 is 16.9 Å². The molecule has 1 atom stereocenters. The number of hydrogen-bond donors (Lipinski definition) is 2. The van der Waals surface area contributed by atoms with Crippen LogP contribution in [0.1, 0.15) is 12.8 Å². The van der Waals surface area contributed by atoms with E-state index in [-0.39, 0.29) is 0 Å². The minimum absolute atomic E-state index is 0.512. The number of fused-ring (bicyclic) bond motifs is 1. The first-order chi connectivity index (χ1) is 9.36. The Kier molecular flexibility index (Phi) is 3.46. The lowest BCUT2D eigenvalue weighted by Crippen LogP contribution is -2.29. The van der Waals surface area contributed by atoms with Crippen LogP contribution in [0.5, 0.6) is 5.88 Å². The number of anilines is 1. The highest BCUT2D eigenvalue weighted by molar-refractivity contribution is 5.77. The molecule has 0 amide bonds. The third-order valence-corrected chi connectivity index (χ3v) is 3.41. The molecule has 5 heteroatoms. The van der Waals surface area contributed by atoms with Crippen molar-refractivity contribution in [1.82, 2.24) is 15.3 Å². The first-order valence-electron chi connectivity index (χ1n) is 6.65. The molecule has 1 aromatic carbocycles. The van der Waals surface area contributed by atoms with Crippen LogP contribution in [0.2, 0.25) is 0 Å². The highest BCUT2D eigenvalue weighted by Gasteiger charge is 2.15. The van der Waals surface area contributed by atoms with Gasteiger partial charge in [-0.3, -0.25) is 0 Å². The van der Waals surface area contributed by atoms with Gasteiger partial charge in [0.05, 0.1) is 18.1 Å². The maximum Gasteiger partial charge on any atom is 0.257 e. The molecule has 2 heterocycles. The van der Waals surface area contributed by atoms with Crippen LogP contribution >= 0.6 is 0 Å². The molecule has 2 N–H and O–H groups in total. The van der Waals surface area contributed by atoms with Crippen molar-refractivity contribution in [2.45, 2.75) is 18.9 Å². The Labute approximate surface area is 112 Å². The van der Waals surface area contributed by atoms with Gasteiger partial charge in [0.25, 0.3) is 5.88 Å². The minimum atomic E-state index is 0.512. The zero-order chi connectivity index (χ0) is 13.1. The molecular weight excluding hydrogens is 240 g/mol. The van der Waals surface area contributed by atoms with E-state index >= 15 is 0 Å². The molecule has 100 valence electrons. The topological polar surface area (TPSA) is 59.1 Å². The number of rotatable bonds is 4. The summed E-state index contributed by atoms with van der Waals surface area (Å²) in [6.45, 7) is 1.95. The van der Waals surface area contributed by atoms with Crippen LogP contribution in [0.4, 0.5) is 5.82 Å². The van der Waals surface area contributed by atoms with Gasteiger partial charge in [-0.2, -0.15) is 0 Å². The van der Waals surface area contributed by atoms with Gasteiger partial charge in [-0.05, 0) is 31.5 Å². The van der Waals surface area contributed by atoms with Gasteiger partial charge in [0.2, 0.25) is 0 Å². The third kappa shape index (κ3) is 2.61. The van der Waals surface area contributed by atoms with Crippen molar-refractivity contribution in [2.75, 3.05) is 25.5 Å². The lowest BCUT2D eigenvalue weighted by Gasteiger charge is -2.14. The average molecular weight is 258 g/mol. The van der Waals surface area contributed by atoms with Gasteiger partial charge >= 0.3 is 0 Å². The molecule has 1 aromatic heterocycles. The summed E-state index contributed by atoms with van der Waals surface area (Å²) in [7, 11) is 1.62. The van der Waals surface area contributed by atoms with Gasteiger partial charge in [-0.25, -0.2) is 9.97 Å². The van der Waals surface area contributed by atoms with Gasteiger partial charge in [-0.15, -0.1) is 0 Å². The quantitative estimate of drug-likeness (QED) is 0.875. The number of hydrogen-bond acceptors (Lipinski definition) is 5. The van der Waals surface area contributed by atoms with Crippen molar-refractivity contribution in [1.29, 1.82) is 0 Å². The van der Waals surface area contributed by atoms with Crippen LogP contribution in [0, 0.1) is 0 Å². The molecule has 1 aliphatic heterocycles. The first kappa shape index (κ1) is 12.2. The summed E-state index contributed by atoms with van der Waals surface area (Å²) in [5.41, 5.74) is 1.73. The summed E-state index contributed by atoms with van der Waals surface area (Å²) in [6, 6.07) is 8.32. The van der Waals surface area contributed by atoms with Gasteiger partial charge in [0.1, 0.15) is 0 Å². The van der Waals surface area contributed by atoms with E-state index in [2.05, 4.69) is 20.6 Å². The summed E-state index contributed by atoms with van der Waals surface area (Å²) in [5, 5.41) is 6.79. The van der Waals surface area contributed by atoms with Crippen molar-refractivity contribution in [3.63, 3.8) is 0 Å². The second-order valence-corrected chi connectivity index (χ2v) is 4.74. The van der Waals surface area contributed by atoms with E-state index in [0.717, 1.165) is 29.9 Å². The largest absolute Gasteiger partial charge is 0.478 e. The molecule has 0 bridgehead atoms. The number of aromatic nitrogens is 2. The van der Waals surface area contributed by atoms with E-state index in [1.165, 1.54) is 12.8 Å². The maximum absolute atomic E-state index is 5.31. The van der Waals surface area contributed by atoms with Crippen molar-refractivity contribution in [3.8, 4) is 5.88 Å². The molecule has 0 aliphatic carbocycles. The fourth-order valence-electron chi connectivity index (χ4n) is 2.39. The molecule has 1 saturated heterocycles. The zero-order valence-corrected chi connectivity index (χ0v) is 11.0. The Morgan fingerprint density at radius 2 is 2.11 bits per heavy atom. The van der Waals surface area contributed by atoms with Crippen LogP contribution in [-0.4, -0.2) is 36.2 Å². The van der Waals surface area contributed by atoms with Gasteiger partial charge in [0.15, 0.2) is 5.82 Å². The molecule has 0 radical (unpaired) electrons.